The Morgan fingerprint density at radius 3 is 2.88 bits per heavy atom. The summed E-state index contributed by atoms with van der Waals surface area (Å²) in [5, 5.41) is 9.93. The molecule has 5 heteroatoms. The van der Waals surface area contributed by atoms with Crippen molar-refractivity contribution in [2.45, 2.75) is 20.3 Å². The second-order valence-corrected chi connectivity index (χ2v) is 4.26. The Bertz CT molecular complexity index is 332. The fraction of sp³-hybridized carbons (Fsp3) is 0.636. The van der Waals surface area contributed by atoms with Gasteiger partial charge in [0.1, 0.15) is 5.82 Å². The summed E-state index contributed by atoms with van der Waals surface area (Å²) in [5.41, 5.74) is 0. The molecule has 1 rings (SSSR count). The standard InChI is InChI=1S/C11H20N4O/c1-9(2)4-6-12-11(16)8-13-10-5-7-15(3)14-10/h5,7,9H,4,6,8H2,1-3H3,(H,12,16)(H,13,14). The molecule has 0 aliphatic carbocycles. The zero-order chi connectivity index (χ0) is 12.0. The van der Waals surface area contributed by atoms with E-state index in [1.54, 1.807) is 4.68 Å². The molecule has 16 heavy (non-hydrogen) atoms. The number of aromatic nitrogens is 2. The van der Waals surface area contributed by atoms with Crippen LogP contribution >= 0.6 is 0 Å². The Morgan fingerprint density at radius 1 is 1.56 bits per heavy atom. The Balaban J connectivity index is 2.15. The minimum absolute atomic E-state index is 0.00584. The van der Waals surface area contributed by atoms with Crippen molar-refractivity contribution in [3.8, 4) is 0 Å². The molecule has 0 aliphatic rings. The fourth-order valence-electron chi connectivity index (χ4n) is 1.24. The van der Waals surface area contributed by atoms with Crippen LogP contribution in [0.3, 0.4) is 0 Å². The zero-order valence-electron chi connectivity index (χ0n) is 10.2. The Labute approximate surface area is 96.2 Å². The van der Waals surface area contributed by atoms with E-state index in [1.807, 2.05) is 19.3 Å². The summed E-state index contributed by atoms with van der Waals surface area (Å²) in [5.74, 6) is 1.34. The van der Waals surface area contributed by atoms with Crippen molar-refractivity contribution in [2.24, 2.45) is 13.0 Å². The number of rotatable bonds is 6. The molecule has 1 heterocycles. The minimum Gasteiger partial charge on any atom is -0.360 e. The number of nitrogens with zero attached hydrogens (tertiary/aromatic N) is 2. The van der Waals surface area contributed by atoms with Gasteiger partial charge in [-0.25, -0.2) is 0 Å². The fourth-order valence-corrected chi connectivity index (χ4v) is 1.24. The van der Waals surface area contributed by atoms with E-state index >= 15 is 0 Å². The number of hydrogen-bond acceptors (Lipinski definition) is 3. The van der Waals surface area contributed by atoms with Crippen molar-refractivity contribution in [1.82, 2.24) is 15.1 Å². The molecule has 90 valence electrons. The molecule has 5 nitrogen and oxygen atoms in total. The third kappa shape index (κ3) is 4.82. The first kappa shape index (κ1) is 12.5. The average Bonchev–Trinajstić information content (AvgIpc) is 2.61. The van der Waals surface area contributed by atoms with E-state index in [0.29, 0.717) is 5.92 Å². The first-order valence-corrected chi connectivity index (χ1v) is 5.58. The zero-order valence-corrected chi connectivity index (χ0v) is 10.2. The molecule has 0 bridgehead atoms. The second-order valence-electron chi connectivity index (χ2n) is 4.26. The summed E-state index contributed by atoms with van der Waals surface area (Å²) in [7, 11) is 1.84. The minimum atomic E-state index is 0.00584. The highest BCUT2D eigenvalue weighted by atomic mass is 16.1. The van der Waals surface area contributed by atoms with Crippen LogP contribution in [-0.4, -0.2) is 28.8 Å². The highest BCUT2D eigenvalue weighted by Crippen LogP contribution is 1.99. The summed E-state index contributed by atoms with van der Waals surface area (Å²) >= 11 is 0. The van der Waals surface area contributed by atoms with Gasteiger partial charge in [0.25, 0.3) is 0 Å². The molecule has 0 saturated heterocycles. The maximum absolute atomic E-state index is 11.4. The van der Waals surface area contributed by atoms with Crippen LogP contribution in [-0.2, 0) is 11.8 Å². The highest BCUT2D eigenvalue weighted by molar-refractivity contribution is 5.80. The number of hydrogen-bond donors (Lipinski definition) is 2. The molecule has 0 aliphatic heterocycles. The Kier molecular flexibility index (Phi) is 4.82. The number of aryl methyl sites for hydroxylation is 1. The van der Waals surface area contributed by atoms with E-state index in [9.17, 15) is 4.79 Å². The summed E-state index contributed by atoms with van der Waals surface area (Å²) in [6, 6.07) is 1.83. The molecule has 0 atom stereocenters. The van der Waals surface area contributed by atoms with Crippen LogP contribution in [0.1, 0.15) is 20.3 Å². The maximum atomic E-state index is 11.4. The van der Waals surface area contributed by atoms with Gasteiger partial charge in [-0.15, -0.1) is 0 Å². The van der Waals surface area contributed by atoms with E-state index in [0.717, 1.165) is 18.8 Å². The van der Waals surface area contributed by atoms with Gasteiger partial charge in [-0.1, -0.05) is 13.8 Å². The van der Waals surface area contributed by atoms with Crippen LogP contribution in [0.5, 0.6) is 0 Å². The van der Waals surface area contributed by atoms with Crippen molar-refractivity contribution in [3.63, 3.8) is 0 Å². The van der Waals surface area contributed by atoms with Crippen molar-refractivity contribution < 1.29 is 4.79 Å². The number of amides is 1. The van der Waals surface area contributed by atoms with E-state index in [-0.39, 0.29) is 12.5 Å². The van der Waals surface area contributed by atoms with Crippen LogP contribution < -0.4 is 10.6 Å². The lowest BCUT2D eigenvalue weighted by molar-refractivity contribution is -0.119. The number of carbonyl (C=O) groups is 1. The third-order valence-electron chi connectivity index (χ3n) is 2.19. The smallest absolute Gasteiger partial charge is 0.239 e. The number of carbonyl (C=O) groups excluding carboxylic acids is 1. The SMILES string of the molecule is CC(C)CCNC(=O)CNc1ccn(C)n1. The van der Waals surface area contributed by atoms with Crippen molar-refractivity contribution >= 4 is 11.7 Å². The van der Waals surface area contributed by atoms with Gasteiger partial charge in [0.05, 0.1) is 6.54 Å². The van der Waals surface area contributed by atoms with Gasteiger partial charge in [-0.3, -0.25) is 9.48 Å². The molecular weight excluding hydrogens is 204 g/mol. The van der Waals surface area contributed by atoms with Crippen molar-refractivity contribution in [2.75, 3.05) is 18.4 Å². The molecule has 1 aromatic heterocycles. The summed E-state index contributed by atoms with van der Waals surface area (Å²) in [6.07, 6.45) is 2.84. The predicted molar refractivity (Wildman–Crippen MR) is 64.2 cm³/mol. The van der Waals surface area contributed by atoms with Gasteiger partial charge in [-0.05, 0) is 12.3 Å². The maximum Gasteiger partial charge on any atom is 0.239 e. The van der Waals surface area contributed by atoms with Gasteiger partial charge < -0.3 is 10.6 Å². The summed E-state index contributed by atoms with van der Waals surface area (Å²) in [4.78, 5) is 11.4. The lowest BCUT2D eigenvalue weighted by Crippen LogP contribution is -2.31. The molecule has 0 spiro atoms. The van der Waals surface area contributed by atoms with Gasteiger partial charge in [0.15, 0.2) is 0 Å². The van der Waals surface area contributed by atoms with Crippen molar-refractivity contribution in [3.05, 3.63) is 12.3 Å². The highest BCUT2D eigenvalue weighted by Gasteiger charge is 2.02. The number of anilines is 1. The van der Waals surface area contributed by atoms with E-state index in [1.165, 1.54) is 0 Å². The number of nitrogens with one attached hydrogen (secondary N) is 2. The van der Waals surface area contributed by atoms with Crippen LogP contribution in [0, 0.1) is 5.92 Å². The topological polar surface area (TPSA) is 59.0 Å². The third-order valence-corrected chi connectivity index (χ3v) is 2.19. The van der Waals surface area contributed by atoms with E-state index < -0.39 is 0 Å². The molecule has 0 aromatic carbocycles. The Hall–Kier alpha value is -1.52. The van der Waals surface area contributed by atoms with Crippen molar-refractivity contribution in [1.29, 1.82) is 0 Å². The Morgan fingerprint density at radius 2 is 2.31 bits per heavy atom. The van der Waals surface area contributed by atoms with E-state index in [2.05, 4.69) is 29.6 Å². The lowest BCUT2D eigenvalue weighted by atomic mass is 10.1. The van der Waals surface area contributed by atoms with E-state index in [4.69, 9.17) is 0 Å². The molecule has 0 saturated carbocycles. The molecule has 2 N–H and O–H groups in total. The molecule has 0 fully saturated rings. The molecule has 1 aromatic rings. The molecule has 1 amide bonds. The van der Waals surface area contributed by atoms with Crippen LogP contribution in [0.15, 0.2) is 12.3 Å². The first-order valence-electron chi connectivity index (χ1n) is 5.58. The summed E-state index contributed by atoms with van der Waals surface area (Å²) < 4.78 is 1.69. The van der Waals surface area contributed by atoms with Gasteiger partial charge in [-0.2, -0.15) is 5.10 Å². The second kappa shape index (κ2) is 6.15. The first-order chi connectivity index (χ1) is 7.58. The normalized spacial score (nSPS) is 10.5. The largest absolute Gasteiger partial charge is 0.360 e. The molecule has 0 radical (unpaired) electrons. The van der Waals surface area contributed by atoms with Gasteiger partial charge in [0.2, 0.25) is 5.91 Å². The monoisotopic (exact) mass is 224 g/mol. The van der Waals surface area contributed by atoms with Crippen LogP contribution in [0.4, 0.5) is 5.82 Å². The van der Waals surface area contributed by atoms with Crippen LogP contribution in [0.25, 0.3) is 0 Å². The summed E-state index contributed by atoms with van der Waals surface area (Å²) in [6.45, 7) is 5.28. The van der Waals surface area contributed by atoms with Crippen LogP contribution in [0.2, 0.25) is 0 Å². The predicted octanol–water partition coefficient (Wildman–Crippen LogP) is 0.994. The quantitative estimate of drug-likeness (QED) is 0.757. The lowest BCUT2D eigenvalue weighted by Gasteiger charge is -2.07. The average molecular weight is 224 g/mol. The van der Waals surface area contributed by atoms with Gasteiger partial charge >= 0.3 is 0 Å². The molecule has 0 unspecified atom stereocenters. The molecular formula is C11H20N4O. The van der Waals surface area contributed by atoms with Gasteiger partial charge in [0, 0.05) is 25.9 Å².